The van der Waals surface area contributed by atoms with E-state index in [4.69, 9.17) is 9.47 Å². The SMILES string of the molecule is CC(C)Oc1ncc(Oc2cc(F)c(C=O)cc2F)cc1F. The molecule has 7 heteroatoms. The fourth-order valence-electron chi connectivity index (χ4n) is 1.61. The minimum Gasteiger partial charge on any atom is -0.473 e. The third-order valence-electron chi connectivity index (χ3n) is 2.54. The summed E-state index contributed by atoms with van der Waals surface area (Å²) in [6, 6.07) is 2.34. The van der Waals surface area contributed by atoms with Gasteiger partial charge in [0.1, 0.15) is 11.6 Å². The van der Waals surface area contributed by atoms with Gasteiger partial charge in [0.05, 0.1) is 17.9 Å². The quantitative estimate of drug-likeness (QED) is 0.786. The van der Waals surface area contributed by atoms with Gasteiger partial charge in [0, 0.05) is 12.1 Å². The molecular weight excluding hydrogens is 299 g/mol. The lowest BCUT2D eigenvalue weighted by molar-refractivity contribution is 0.111. The van der Waals surface area contributed by atoms with E-state index in [0.29, 0.717) is 12.1 Å². The van der Waals surface area contributed by atoms with Crippen LogP contribution in [0.25, 0.3) is 0 Å². The van der Waals surface area contributed by atoms with Crippen molar-refractivity contribution in [3.8, 4) is 17.4 Å². The normalized spacial score (nSPS) is 10.6. The fourth-order valence-corrected chi connectivity index (χ4v) is 1.61. The van der Waals surface area contributed by atoms with Crippen molar-refractivity contribution in [2.75, 3.05) is 0 Å². The van der Waals surface area contributed by atoms with Crippen LogP contribution in [0.3, 0.4) is 0 Å². The number of benzene rings is 1. The number of hydrogen-bond donors (Lipinski definition) is 0. The van der Waals surface area contributed by atoms with Crippen LogP contribution in [0.4, 0.5) is 13.2 Å². The molecule has 0 aliphatic rings. The van der Waals surface area contributed by atoms with Gasteiger partial charge in [-0.1, -0.05) is 0 Å². The van der Waals surface area contributed by atoms with E-state index in [1.54, 1.807) is 13.8 Å². The van der Waals surface area contributed by atoms with E-state index >= 15 is 0 Å². The highest BCUT2D eigenvalue weighted by Crippen LogP contribution is 2.28. The van der Waals surface area contributed by atoms with E-state index in [1.165, 1.54) is 0 Å². The van der Waals surface area contributed by atoms with Crippen LogP contribution in [0, 0.1) is 17.5 Å². The summed E-state index contributed by atoms with van der Waals surface area (Å²) >= 11 is 0. The van der Waals surface area contributed by atoms with Crippen molar-refractivity contribution in [3.05, 3.63) is 47.4 Å². The minimum atomic E-state index is -0.952. The van der Waals surface area contributed by atoms with Crippen LogP contribution >= 0.6 is 0 Å². The van der Waals surface area contributed by atoms with Gasteiger partial charge in [-0.05, 0) is 19.9 Å². The fraction of sp³-hybridized carbons (Fsp3) is 0.200. The Kier molecular flexibility index (Phi) is 4.65. The minimum absolute atomic E-state index is 0.134. The summed E-state index contributed by atoms with van der Waals surface area (Å²) in [7, 11) is 0. The van der Waals surface area contributed by atoms with Crippen molar-refractivity contribution in [2.24, 2.45) is 0 Å². The molecule has 0 spiro atoms. The van der Waals surface area contributed by atoms with Crippen LogP contribution in [-0.2, 0) is 0 Å². The molecule has 0 amide bonds. The number of aldehydes is 1. The van der Waals surface area contributed by atoms with Gasteiger partial charge in [-0.3, -0.25) is 4.79 Å². The van der Waals surface area contributed by atoms with Crippen molar-refractivity contribution < 1.29 is 27.4 Å². The average molecular weight is 311 g/mol. The van der Waals surface area contributed by atoms with E-state index in [-0.39, 0.29) is 24.0 Å². The summed E-state index contributed by atoms with van der Waals surface area (Å²) < 4.78 is 51.0. The lowest BCUT2D eigenvalue weighted by atomic mass is 10.2. The number of rotatable bonds is 5. The Bertz CT molecular complexity index is 705. The summed E-state index contributed by atoms with van der Waals surface area (Å²) in [6.45, 7) is 3.41. The van der Waals surface area contributed by atoms with Crippen LogP contribution in [0.2, 0.25) is 0 Å². The summed E-state index contributed by atoms with van der Waals surface area (Å²) in [6.07, 6.45) is 1.03. The molecule has 4 nitrogen and oxygen atoms in total. The predicted octanol–water partition coefficient (Wildman–Crippen LogP) is 3.89. The molecular formula is C15H12F3NO3. The molecule has 0 N–H and O–H groups in total. The maximum absolute atomic E-state index is 13.7. The molecule has 0 saturated heterocycles. The second-order valence-corrected chi connectivity index (χ2v) is 4.65. The number of halogens is 3. The lowest BCUT2D eigenvalue weighted by Gasteiger charge is -2.11. The van der Waals surface area contributed by atoms with Crippen molar-refractivity contribution in [1.29, 1.82) is 0 Å². The Morgan fingerprint density at radius 3 is 2.41 bits per heavy atom. The molecule has 1 aromatic carbocycles. The first-order chi connectivity index (χ1) is 10.4. The molecule has 22 heavy (non-hydrogen) atoms. The molecule has 0 radical (unpaired) electrons. The zero-order valence-electron chi connectivity index (χ0n) is 11.8. The second kappa shape index (κ2) is 6.46. The zero-order valence-corrected chi connectivity index (χ0v) is 11.8. The summed E-state index contributed by atoms with van der Waals surface area (Å²) in [4.78, 5) is 14.2. The van der Waals surface area contributed by atoms with Crippen molar-refractivity contribution in [3.63, 3.8) is 0 Å². The molecule has 2 rings (SSSR count). The highest BCUT2D eigenvalue weighted by Gasteiger charge is 2.14. The Morgan fingerprint density at radius 2 is 1.82 bits per heavy atom. The molecule has 0 atom stereocenters. The van der Waals surface area contributed by atoms with Gasteiger partial charge >= 0.3 is 0 Å². The van der Waals surface area contributed by atoms with Crippen LogP contribution in [-0.4, -0.2) is 17.4 Å². The second-order valence-electron chi connectivity index (χ2n) is 4.65. The topological polar surface area (TPSA) is 48.4 Å². The molecule has 1 aromatic heterocycles. The molecule has 0 aliphatic carbocycles. The highest BCUT2D eigenvalue weighted by atomic mass is 19.1. The number of carbonyl (C=O) groups excluding carboxylic acids is 1. The summed E-state index contributed by atoms with van der Waals surface area (Å²) in [5.41, 5.74) is -0.435. The van der Waals surface area contributed by atoms with Crippen LogP contribution in [0.1, 0.15) is 24.2 Å². The number of carbonyl (C=O) groups is 1. The maximum Gasteiger partial charge on any atom is 0.250 e. The van der Waals surface area contributed by atoms with Crippen LogP contribution in [0.5, 0.6) is 17.4 Å². The predicted molar refractivity (Wildman–Crippen MR) is 71.8 cm³/mol. The Labute approximate surface area is 124 Å². The Balaban J connectivity index is 2.26. The van der Waals surface area contributed by atoms with E-state index in [0.717, 1.165) is 12.3 Å². The van der Waals surface area contributed by atoms with Crippen LogP contribution < -0.4 is 9.47 Å². The van der Waals surface area contributed by atoms with Gasteiger partial charge in [-0.25, -0.2) is 18.2 Å². The molecule has 0 unspecified atom stereocenters. The van der Waals surface area contributed by atoms with Gasteiger partial charge in [0.2, 0.25) is 0 Å². The first-order valence-corrected chi connectivity index (χ1v) is 6.35. The highest BCUT2D eigenvalue weighted by molar-refractivity contribution is 5.75. The molecule has 0 saturated carbocycles. The molecule has 0 aliphatic heterocycles. The molecule has 0 fully saturated rings. The first kappa shape index (κ1) is 15.8. The number of aromatic nitrogens is 1. The molecule has 116 valence electrons. The smallest absolute Gasteiger partial charge is 0.250 e. The Hall–Kier alpha value is -2.57. The average Bonchev–Trinajstić information content (AvgIpc) is 2.45. The van der Waals surface area contributed by atoms with Gasteiger partial charge in [-0.15, -0.1) is 0 Å². The van der Waals surface area contributed by atoms with E-state index in [2.05, 4.69) is 4.98 Å². The number of hydrogen-bond acceptors (Lipinski definition) is 4. The number of pyridine rings is 1. The van der Waals surface area contributed by atoms with Gasteiger partial charge in [-0.2, -0.15) is 0 Å². The monoisotopic (exact) mass is 311 g/mol. The number of ether oxygens (including phenoxy) is 2. The van der Waals surface area contributed by atoms with E-state index < -0.39 is 28.8 Å². The van der Waals surface area contributed by atoms with Crippen molar-refractivity contribution in [1.82, 2.24) is 4.98 Å². The third-order valence-corrected chi connectivity index (χ3v) is 2.54. The largest absolute Gasteiger partial charge is 0.473 e. The summed E-state index contributed by atoms with van der Waals surface area (Å²) in [5, 5.41) is 0. The van der Waals surface area contributed by atoms with Gasteiger partial charge in [0.25, 0.3) is 5.88 Å². The third kappa shape index (κ3) is 3.55. The molecule has 2 aromatic rings. The van der Waals surface area contributed by atoms with Gasteiger partial charge in [0.15, 0.2) is 23.7 Å². The van der Waals surface area contributed by atoms with E-state index in [1.807, 2.05) is 0 Å². The maximum atomic E-state index is 13.7. The standard InChI is InChI=1S/C15H12F3NO3/c1-8(2)21-15-13(18)4-10(6-19-15)22-14-5-11(16)9(7-20)3-12(14)17/h3-8H,1-2H3. The zero-order chi connectivity index (χ0) is 16.3. The van der Waals surface area contributed by atoms with Crippen molar-refractivity contribution in [2.45, 2.75) is 20.0 Å². The Morgan fingerprint density at radius 1 is 1.09 bits per heavy atom. The van der Waals surface area contributed by atoms with Crippen molar-refractivity contribution >= 4 is 6.29 Å². The summed E-state index contributed by atoms with van der Waals surface area (Å²) in [5.74, 6) is -3.53. The lowest BCUT2D eigenvalue weighted by Crippen LogP contribution is -2.08. The van der Waals surface area contributed by atoms with E-state index in [9.17, 15) is 18.0 Å². The van der Waals surface area contributed by atoms with Crippen LogP contribution in [0.15, 0.2) is 24.4 Å². The first-order valence-electron chi connectivity index (χ1n) is 6.35. The molecule has 1 heterocycles. The molecule has 0 bridgehead atoms. The van der Waals surface area contributed by atoms with Gasteiger partial charge < -0.3 is 9.47 Å². The number of nitrogens with zero attached hydrogens (tertiary/aromatic N) is 1.